The zero-order valence-corrected chi connectivity index (χ0v) is 11.0. The van der Waals surface area contributed by atoms with Crippen LogP contribution in [0.2, 0.25) is 0 Å². The number of nitrogens with zero attached hydrogens (tertiary/aromatic N) is 1. The number of carbonyl (C=O) groups excluding carboxylic acids is 1. The van der Waals surface area contributed by atoms with Crippen LogP contribution in [0.25, 0.3) is 0 Å². The molecule has 2 rings (SSSR count). The van der Waals surface area contributed by atoms with Gasteiger partial charge in [0.05, 0.1) is 0 Å². The number of likely N-dealkylation sites (N-methyl/N-ethyl adjacent to an activating group) is 1. The molecule has 0 saturated heterocycles. The maximum absolute atomic E-state index is 11.6. The average Bonchev–Trinajstić information content (AvgIpc) is 2.43. The molecule has 0 saturated carbocycles. The fourth-order valence-corrected chi connectivity index (χ4v) is 1.96. The molecule has 1 N–H and O–H groups in total. The van der Waals surface area contributed by atoms with Gasteiger partial charge in [0.2, 0.25) is 0 Å². The number of nitrogens with one attached hydrogen (secondary N) is 1. The summed E-state index contributed by atoms with van der Waals surface area (Å²) in [5.74, 6) is 0.754. The number of benzene rings is 1. The first kappa shape index (κ1) is 12.7. The first-order valence-corrected chi connectivity index (χ1v) is 6.44. The molecule has 1 aliphatic heterocycles. The number of aryl methyl sites for hydroxylation is 1. The molecule has 4 heteroatoms. The normalized spacial score (nSPS) is 13.4. The number of anilines is 1. The van der Waals surface area contributed by atoms with Gasteiger partial charge in [0.25, 0.3) is 5.91 Å². The SMILES string of the molecule is CCN(C)C(=O)COc1ccc2c(c1)NCCC2. The summed E-state index contributed by atoms with van der Waals surface area (Å²) in [6.07, 6.45) is 2.28. The first-order chi connectivity index (χ1) is 8.70. The molecule has 0 fully saturated rings. The van der Waals surface area contributed by atoms with E-state index in [0.717, 1.165) is 24.4 Å². The lowest BCUT2D eigenvalue weighted by molar-refractivity contribution is -0.131. The molecule has 0 aromatic heterocycles. The second-order valence-electron chi connectivity index (χ2n) is 4.55. The van der Waals surface area contributed by atoms with E-state index in [1.807, 2.05) is 19.1 Å². The van der Waals surface area contributed by atoms with Crippen LogP contribution in [0.4, 0.5) is 5.69 Å². The van der Waals surface area contributed by atoms with Gasteiger partial charge in [-0.3, -0.25) is 4.79 Å². The number of carbonyl (C=O) groups is 1. The topological polar surface area (TPSA) is 41.6 Å². The molecular weight excluding hydrogens is 228 g/mol. The van der Waals surface area contributed by atoms with Crippen LogP contribution in [0.3, 0.4) is 0 Å². The molecule has 18 heavy (non-hydrogen) atoms. The van der Waals surface area contributed by atoms with Crippen molar-refractivity contribution in [2.75, 3.05) is 32.1 Å². The Balaban J connectivity index is 1.96. The summed E-state index contributed by atoms with van der Waals surface area (Å²) in [6.45, 7) is 3.76. The van der Waals surface area contributed by atoms with Gasteiger partial charge in [-0.1, -0.05) is 6.07 Å². The van der Waals surface area contributed by atoms with Crippen LogP contribution >= 0.6 is 0 Å². The maximum atomic E-state index is 11.6. The Labute approximate surface area is 108 Å². The van der Waals surface area contributed by atoms with Gasteiger partial charge < -0.3 is 15.0 Å². The lowest BCUT2D eigenvalue weighted by atomic mass is 10.0. The third-order valence-corrected chi connectivity index (χ3v) is 3.28. The summed E-state index contributed by atoms with van der Waals surface area (Å²) >= 11 is 0. The fourth-order valence-electron chi connectivity index (χ4n) is 1.96. The minimum atomic E-state index is 0.00294. The monoisotopic (exact) mass is 248 g/mol. The molecule has 0 aliphatic carbocycles. The van der Waals surface area contributed by atoms with Crippen LogP contribution < -0.4 is 10.1 Å². The summed E-state index contributed by atoms with van der Waals surface area (Å²) < 4.78 is 5.53. The van der Waals surface area contributed by atoms with Crippen LogP contribution in [-0.2, 0) is 11.2 Å². The van der Waals surface area contributed by atoms with Crippen LogP contribution in [0.5, 0.6) is 5.75 Å². The van der Waals surface area contributed by atoms with Gasteiger partial charge in [-0.15, -0.1) is 0 Å². The van der Waals surface area contributed by atoms with E-state index in [9.17, 15) is 4.79 Å². The Morgan fingerprint density at radius 3 is 3.11 bits per heavy atom. The molecular formula is C14H20N2O2. The third-order valence-electron chi connectivity index (χ3n) is 3.28. The van der Waals surface area contributed by atoms with Crippen LogP contribution in [0.1, 0.15) is 18.9 Å². The lowest BCUT2D eigenvalue weighted by Crippen LogP contribution is -2.31. The van der Waals surface area contributed by atoms with Crippen molar-refractivity contribution in [3.8, 4) is 5.75 Å². The smallest absolute Gasteiger partial charge is 0.260 e. The van der Waals surface area contributed by atoms with Gasteiger partial charge in [-0.25, -0.2) is 0 Å². The Morgan fingerprint density at radius 1 is 1.50 bits per heavy atom. The van der Waals surface area contributed by atoms with Gasteiger partial charge in [0, 0.05) is 31.9 Å². The Morgan fingerprint density at radius 2 is 2.33 bits per heavy atom. The second-order valence-corrected chi connectivity index (χ2v) is 4.55. The van der Waals surface area contributed by atoms with Crippen molar-refractivity contribution >= 4 is 11.6 Å². The number of hydrogen-bond donors (Lipinski definition) is 1. The number of ether oxygens (including phenoxy) is 1. The molecule has 0 bridgehead atoms. The average molecular weight is 248 g/mol. The van der Waals surface area contributed by atoms with E-state index in [2.05, 4.69) is 11.4 Å². The van der Waals surface area contributed by atoms with Crippen molar-refractivity contribution in [3.63, 3.8) is 0 Å². The van der Waals surface area contributed by atoms with Gasteiger partial charge in [-0.2, -0.15) is 0 Å². The van der Waals surface area contributed by atoms with Crippen LogP contribution in [0, 0.1) is 0 Å². The largest absolute Gasteiger partial charge is 0.484 e. The van der Waals surface area contributed by atoms with Crippen LogP contribution in [-0.4, -0.2) is 37.6 Å². The first-order valence-electron chi connectivity index (χ1n) is 6.44. The molecule has 0 unspecified atom stereocenters. The standard InChI is InChI=1S/C14H20N2O2/c1-3-16(2)14(17)10-18-12-7-6-11-5-4-8-15-13(11)9-12/h6-7,9,15H,3-5,8,10H2,1-2H3. The molecule has 0 spiro atoms. The molecule has 1 aliphatic rings. The van der Waals surface area contributed by atoms with E-state index in [-0.39, 0.29) is 12.5 Å². The van der Waals surface area contributed by atoms with Crippen molar-refractivity contribution in [2.24, 2.45) is 0 Å². The zero-order chi connectivity index (χ0) is 13.0. The van der Waals surface area contributed by atoms with Gasteiger partial charge in [-0.05, 0) is 31.4 Å². The highest BCUT2D eigenvalue weighted by Crippen LogP contribution is 2.26. The molecule has 0 atom stereocenters. The van der Waals surface area contributed by atoms with Crippen molar-refractivity contribution in [1.82, 2.24) is 4.90 Å². The molecule has 1 amide bonds. The summed E-state index contributed by atoms with van der Waals surface area (Å²) in [6, 6.07) is 5.99. The Hall–Kier alpha value is -1.71. The van der Waals surface area contributed by atoms with Gasteiger partial charge >= 0.3 is 0 Å². The molecule has 1 heterocycles. The van der Waals surface area contributed by atoms with E-state index in [1.165, 1.54) is 12.0 Å². The predicted molar refractivity (Wildman–Crippen MR) is 72.1 cm³/mol. The minimum Gasteiger partial charge on any atom is -0.484 e. The third kappa shape index (κ3) is 2.94. The van der Waals surface area contributed by atoms with E-state index in [4.69, 9.17) is 4.74 Å². The van der Waals surface area contributed by atoms with Gasteiger partial charge in [0.15, 0.2) is 6.61 Å². The van der Waals surface area contributed by atoms with Crippen molar-refractivity contribution in [1.29, 1.82) is 0 Å². The van der Waals surface area contributed by atoms with Crippen LogP contribution in [0.15, 0.2) is 18.2 Å². The quantitative estimate of drug-likeness (QED) is 0.885. The molecule has 98 valence electrons. The molecule has 4 nitrogen and oxygen atoms in total. The van der Waals surface area contributed by atoms with Crippen molar-refractivity contribution in [2.45, 2.75) is 19.8 Å². The zero-order valence-electron chi connectivity index (χ0n) is 11.0. The summed E-state index contributed by atoms with van der Waals surface area (Å²) in [5, 5.41) is 3.35. The number of fused-ring (bicyclic) bond motifs is 1. The second kappa shape index (κ2) is 5.76. The maximum Gasteiger partial charge on any atom is 0.260 e. The van der Waals surface area contributed by atoms with E-state index >= 15 is 0 Å². The highest BCUT2D eigenvalue weighted by Gasteiger charge is 2.11. The number of hydrogen-bond acceptors (Lipinski definition) is 3. The summed E-state index contributed by atoms with van der Waals surface area (Å²) in [7, 11) is 1.78. The van der Waals surface area contributed by atoms with Crippen molar-refractivity contribution in [3.05, 3.63) is 23.8 Å². The highest BCUT2D eigenvalue weighted by atomic mass is 16.5. The number of amides is 1. The Kier molecular flexibility index (Phi) is 4.07. The highest BCUT2D eigenvalue weighted by molar-refractivity contribution is 5.77. The van der Waals surface area contributed by atoms with Crippen molar-refractivity contribution < 1.29 is 9.53 Å². The summed E-state index contributed by atoms with van der Waals surface area (Å²) in [5.41, 5.74) is 2.46. The van der Waals surface area contributed by atoms with E-state index in [1.54, 1.807) is 11.9 Å². The van der Waals surface area contributed by atoms with Gasteiger partial charge in [0.1, 0.15) is 5.75 Å². The van der Waals surface area contributed by atoms with E-state index in [0.29, 0.717) is 6.54 Å². The lowest BCUT2D eigenvalue weighted by Gasteiger charge is -2.19. The Bertz CT molecular complexity index is 432. The molecule has 1 aromatic carbocycles. The number of rotatable bonds is 4. The predicted octanol–water partition coefficient (Wildman–Crippen LogP) is 1.90. The summed E-state index contributed by atoms with van der Waals surface area (Å²) in [4.78, 5) is 13.3. The fraction of sp³-hybridized carbons (Fsp3) is 0.500. The minimum absolute atomic E-state index is 0.00294. The molecule has 0 radical (unpaired) electrons. The molecule has 1 aromatic rings. The van der Waals surface area contributed by atoms with E-state index < -0.39 is 0 Å².